The number of fused-ring (bicyclic) bond motifs is 3. The van der Waals surface area contributed by atoms with E-state index in [2.05, 4.69) is 55.5 Å². The van der Waals surface area contributed by atoms with Gasteiger partial charge in [0.2, 0.25) is 0 Å². The van der Waals surface area contributed by atoms with Crippen LogP contribution < -0.4 is 5.73 Å². The fraction of sp³-hybridized carbons (Fsp3) is 0.222. The molecule has 2 N–H and O–H groups in total. The fourth-order valence-electron chi connectivity index (χ4n) is 2.81. The average molecular weight is 249 g/mol. The molecule has 0 atom stereocenters. The highest BCUT2D eigenvalue weighted by Gasteiger charge is 2.17. The van der Waals surface area contributed by atoms with Crippen molar-refractivity contribution in [3.05, 3.63) is 65.2 Å². The number of hydrogen-bond acceptors (Lipinski definition) is 1. The van der Waals surface area contributed by atoms with Crippen molar-refractivity contribution in [2.75, 3.05) is 6.54 Å². The van der Waals surface area contributed by atoms with E-state index < -0.39 is 0 Å². The molecule has 2 aromatic carbocycles. The third-order valence-electron chi connectivity index (χ3n) is 3.87. The summed E-state index contributed by atoms with van der Waals surface area (Å²) in [6, 6.07) is 15.5. The number of hydrogen-bond donors (Lipinski definition) is 1. The maximum Gasteiger partial charge on any atom is -0.00132 e. The lowest BCUT2D eigenvalue weighted by Gasteiger charge is -2.06. The monoisotopic (exact) mass is 249 g/mol. The second-order valence-corrected chi connectivity index (χ2v) is 5.17. The molecule has 0 amide bonds. The predicted molar refractivity (Wildman–Crippen MR) is 82.0 cm³/mol. The van der Waals surface area contributed by atoms with Gasteiger partial charge in [-0.3, -0.25) is 0 Å². The molecule has 0 spiro atoms. The van der Waals surface area contributed by atoms with Crippen molar-refractivity contribution in [1.29, 1.82) is 0 Å². The van der Waals surface area contributed by atoms with Crippen LogP contribution in [0.3, 0.4) is 0 Å². The van der Waals surface area contributed by atoms with Crippen LogP contribution >= 0.6 is 0 Å². The van der Waals surface area contributed by atoms with Gasteiger partial charge in [-0.15, -0.1) is 0 Å². The van der Waals surface area contributed by atoms with E-state index in [0.717, 1.165) is 12.8 Å². The molecule has 0 unspecified atom stereocenters. The molecule has 0 fully saturated rings. The molecule has 0 radical (unpaired) electrons. The lowest BCUT2D eigenvalue weighted by Crippen LogP contribution is -1.96. The Bertz CT molecular complexity index is 638. The standard InChI is InChI=1S/C18H19N/c1-13(5-4-10-19)14-8-9-18-16(11-14)12-15-6-2-3-7-17(15)18/h2-3,5-9,11H,4,10,12,19H2,1H3. The molecule has 0 saturated carbocycles. The SMILES string of the molecule is CC(=CCCN)c1ccc2c(c1)Cc1ccccc1-2. The molecule has 96 valence electrons. The summed E-state index contributed by atoms with van der Waals surface area (Å²) >= 11 is 0. The van der Waals surface area contributed by atoms with Crippen LogP contribution in [0.1, 0.15) is 30.0 Å². The molecule has 0 bridgehead atoms. The summed E-state index contributed by atoms with van der Waals surface area (Å²) in [5.74, 6) is 0. The van der Waals surface area contributed by atoms with Crippen molar-refractivity contribution in [2.45, 2.75) is 19.8 Å². The third-order valence-corrected chi connectivity index (χ3v) is 3.87. The summed E-state index contributed by atoms with van der Waals surface area (Å²) < 4.78 is 0. The minimum atomic E-state index is 0.716. The van der Waals surface area contributed by atoms with Gasteiger partial charge in [-0.1, -0.05) is 48.5 Å². The van der Waals surface area contributed by atoms with Gasteiger partial charge in [0.05, 0.1) is 0 Å². The Morgan fingerprint density at radius 1 is 1.11 bits per heavy atom. The Morgan fingerprint density at radius 3 is 2.74 bits per heavy atom. The molecule has 2 aromatic rings. The largest absolute Gasteiger partial charge is 0.330 e. The molecule has 1 nitrogen and oxygen atoms in total. The Hall–Kier alpha value is -1.86. The first-order valence-electron chi connectivity index (χ1n) is 6.88. The summed E-state index contributed by atoms with van der Waals surface area (Å²) in [4.78, 5) is 0. The maximum absolute atomic E-state index is 5.56. The van der Waals surface area contributed by atoms with Crippen molar-refractivity contribution < 1.29 is 0 Å². The van der Waals surface area contributed by atoms with Gasteiger partial charge in [0.15, 0.2) is 0 Å². The summed E-state index contributed by atoms with van der Waals surface area (Å²) in [7, 11) is 0. The van der Waals surface area contributed by atoms with Gasteiger partial charge in [-0.05, 0) is 59.7 Å². The lowest BCUT2D eigenvalue weighted by atomic mass is 9.99. The van der Waals surface area contributed by atoms with Crippen molar-refractivity contribution in [2.24, 2.45) is 5.73 Å². The Balaban J connectivity index is 1.98. The van der Waals surface area contributed by atoms with E-state index in [9.17, 15) is 0 Å². The first kappa shape index (κ1) is 12.2. The van der Waals surface area contributed by atoms with E-state index in [0.29, 0.717) is 6.54 Å². The van der Waals surface area contributed by atoms with Gasteiger partial charge < -0.3 is 5.73 Å². The van der Waals surface area contributed by atoms with Crippen LogP contribution in [0.5, 0.6) is 0 Å². The van der Waals surface area contributed by atoms with E-state index in [1.165, 1.54) is 33.4 Å². The Kier molecular flexibility index (Phi) is 3.22. The van der Waals surface area contributed by atoms with Crippen molar-refractivity contribution >= 4 is 5.57 Å². The lowest BCUT2D eigenvalue weighted by molar-refractivity contribution is 1.01. The molecular weight excluding hydrogens is 230 g/mol. The van der Waals surface area contributed by atoms with Crippen molar-refractivity contribution in [3.63, 3.8) is 0 Å². The molecule has 0 aliphatic heterocycles. The molecule has 19 heavy (non-hydrogen) atoms. The van der Waals surface area contributed by atoms with Crippen LogP contribution in [-0.4, -0.2) is 6.54 Å². The molecular formula is C18H19N. The third kappa shape index (κ3) is 2.22. The van der Waals surface area contributed by atoms with Crippen LogP contribution in [0, 0.1) is 0 Å². The van der Waals surface area contributed by atoms with Gasteiger partial charge in [0.1, 0.15) is 0 Å². The predicted octanol–water partition coefficient (Wildman–Crippen LogP) is 4.01. The van der Waals surface area contributed by atoms with Crippen LogP contribution in [-0.2, 0) is 6.42 Å². The fourth-order valence-corrected chi connectivity index (χ4v) is 2.81. The number of nitrogens with two attached hydrogens (primary N) is 1. The van der Waals surface area contributed by atoms with Crippen molar-refractivity contribution in [1.82, 2.24) is 0 Å². The van der Waals surface area contributed by atoms with E-state index in [4.69, 9.17) is 5.73 Å². The van der Waals surface area contributed by atoms with E-state index in [-0.39, 0.29) is 0 Å². The summed E-state index contributed by atoms with van der Waals surface area (Å²) in [6.07, 6.45) is 4.23. The smallest absolute Gasteiger partial charge is 0.00132 e. The molecule has 0 heterocycles. The number of benzene rings is 2. The highest BCUT2D eigenvalue weighted by atomic mass is 14.5. The zero-order valence-corrected chi connectivity index (χ0v) is 11.3. The minimum absolute atomic E-state index is 0.716. The zero-order chi connectivity index (χ0) is 13.2. The van der Waals surface area contributed by atoms with Crippen LogP contribution in [0.4, 0.5) is 0 Å². The second-order valence-electron chi connectivity index (χ2n) is 5.17. The van der Waals surface area contributed by atoms with Crippen molar-refractivity contribution in [3.8, 4) is 11.1 Å². The van der Waals surface area contributed by atoms with Gasteiger partial charge in [0, 0.05) is 0 Å². The molecule has 1 aliphatic rings. The van der Waals surface area contributed by atoms with Gasteiger partial charge in [-0.25, -0.2) is 0 Å². The van der Waals surface area contributed by atoms with Gasteiger partial charge in [0.25, 0.3) is 0 Å². The van der Waals surface area contributed by atoms with Gasteiger partial charge in [-0.2, -0.15) is 0 Å². The average Bonchev–Trinajstić information content (AvgIpc) is 2.82. The summed E-state index contributed by atoms with van der Waals surface area (Å²) in [5.41, 5.74) is 13.9. The van der Waals surface area contributed by atoms with Crippen LogP contribution in [0.25, 0.3) is 16.7 Å². The number of rotatable bonds is 3. The van der Waals surface area contributed by atoms with Gasteiger partial charge >= 0.3 is 0 Å². The molecule has 0 saturated heterocycles. The highest BCUT2D eigenvalue weighted by Crippen LogP contribution is 2.37. The van der Waals surface area contributed by atoms with Crippen LogP contribution in [0.15, 0.2) is 48.5 Å². The molecule has 3 rings (SSSR count). The second kappa shape index (κ2) is 5.02. The molecule has 1 aliphatic carbocycles. The van der Waals surface area contributed by atoms with E-state index >= 15 is 0 Å². The topological polar surface area (TPSA) is 26.0 Å². The zero-order valence-electron chi connectivity index (χ0n) is 11.3. The summed E-state index contributed by atoms with van der Waals surface area (Å²) in [5, 5.41) is 0. The quantitative estimate of drug-likeness (QED) is 0.745. The first-order chi connectivity index (χ1) is 9.29. The molecule has 0 aromatic heterocycles. The Labute approximate surface area is 114 Å². The van der Waals surface area contributed by atoms with E-state index in [1.807, 2.05) is 0 Å². The number of allylic oxidation sites excluding steroid dienone is 1. The highest BCUT2D eigenvalue weighted by molar-refractivity contribution is 5.79. The normalized spacial score (nSPS) is 13.3. The first-order valence-corrected chi connectivity index (χ1v) is 6.88. The maximum atomic E-state index is 5.56. The Morgan fingerprint density at radius 2 is 1.89 bits per heavy atom. The van der Waals surface area contributed by atoms with E-state index in [1.54, 1.807) is 0 Å². The van der Waals surface area contributed by atoms with Crippen LogP contribution in [0.2, 0.25) is 0 Å². The minimum Gasteiger partial charge on any atom is -0.330 e. The molecule has 1 heteroatoms. The summed E-state index contributed by atoms with van der Waals surface area (Å²) in [6.45, 7) is 2.88.